The quantitative estimate of drug-likeness (QED) is 0.841. The first-order chi connectivity index (χ1) is 9.95. The van der Waals surface area contributed by atoms with Gasteiger partial charge in [-0.3, -0.25) is 4.79 Å². The molecule has 116 valence electrons. The number of carbonyl (C=O) groups excluding carboxylic acids is 1. The summed E-state index contributed by atoms with van der Waals surface area (Å²) in [5.41, 5.74) is 6.54. The largest absolute Gasteiger partial charge is 0.379 e. The normalized spacial score (nSPS) is 26.8. The average molecular weight is 291 g/mol. The van der Waals surface area contributed by atoms with E-state index in [1.807, 2.05) is 39.2 Å². The molecule has 2 rings (SSSR count). The van der Waals surface area contributed by atoms with Crippen LogP contribution in [-0.2, 0) is 9.53 Å². The number of ether oxygens (including phenoxy) is 1. The Morgan fingerprint density at radius 3 is 2.67 bits per heavy atom. The van der Waals surface area contributed by atoms with Gasteiger partial charge < -0.3 is 20.7 Å². The molecule has 1 aliphatic heterocycles. The molecule has 0 saturated carbocycles. The van der Waals surface area contributed by atoms with Crippen LogP contribution in [0.4, 0.5) is 0 Å². The number of likely N-dealkylation sites (N-methyl/N-ethyl adjacent to an activating group) is 1. The first-order valence-electron chi connectivity index (χ1n) is 7.28. The summed E-state index contributed by atoms with van der Waals surface area (Å²) >= 11 is 0. The second kappa shape index (κ2) is 6.56. The van der Waals surface area contributed by atoms with Gasteiger partial charge in [-0.15, -0.1) is 0 Å². The van der Waals surface area contributed by atoms with Crippen molar-refractivity contribution in [2.75, 3.05) is 33.9 Å². The Kier molecular flexibility index (Phi) is 4.98. The minimum Gasteiger partial charge on any atom is -0.379 e. The predicted molar refractivity (Wildman–Crippen MR) is 82.8 cm³/mol. The highest BCUT2D eigenvalue weighted by molar-refractivity contribution is 5.83. The van der Waals surface area contributed by atoms with E-state index in [1.165, 1.54) is 5.56 Å². The highest BCUT2D eigenvalue weighted by atomic mass is 16.5. The summed E-state index contributed by atoms with van der Waals surface area (Å²) in [6.07, 6.45) is 0. The fourth-order valence-corrected chi connectivity index (χ4v) is 2.59. The molecule has 1 aromatic carbocycles. The van der Waals surface area contributed by atoms with Gasteiger partial charge in [0.25, 0.3) is 0 Å². The summed E-state index contributed by atoms with van der Waals surface area (Å²) in [6, 6.07) is 10.0. The molecule has 1 aromatic rings. The van der Waals surface area contributed by atoms with E-state index < -0.39 is 5.41 Å². The first kappa shape index (κ1) is 15.9. The summed E-state index contributed by atoms with van der Waals surface area (Å²) in [4.78, 5) is 14.5. The lowest BCUT2D eigenvalue weighted by atomic mass is 9.84. The van der Waals surface area contributed by atoms with Gasteiger partial charge in [0, 0.05) is 12.6 Å². The number of rotatable bonds is 5. The van der Waals surface area contributed by atoms with E-state index in [0.717, 1.165) is 0 Å². The summed E-state index contributed by atoms with van der Waals surface area (Å²) < 4.78 is 5.34. The van der Waals surface area contributed by atoms with Crippen LogP contribution in [-0.4, -0.2) is 50.7 Å². The topological polar surface area (TPSA) is 67.6 Å². The highest BCUT2D eigenvalue weighted by Crippen LogP contribution is 2.27. The highest BCUT2D eigenvalue weighted by Gasteiger charge is 2.44. The first-order valence-corrected chi connectivity index (χ1v) is 7.28. The van der Waals surface area contributed by atoms with Crippen LogP contribution in [0.3, 0.4) is 0 Å². The molecule has 1 heterocycles. The number of carbonyl (C=O) groups is 1. The van der Waals surface area contributed by atoms with Crippen LogP contribution in [0.2, 0.25) is 0 Å². The zero-order valence-electron chi connectivity index (χ0n) is 13.0. The molecule has 3 atom stereocenters. The standard InChI is InChI=1S/C16H25N3O2/c1-16(11-21-10-14(16)17)15(20)18-9-13(19(2)3)12-7-5-4-6-8-12/h4-8,13-14H,9-11,17H2,1-3H3,(H,18,20). The Balaban J connectivity index is 2.01. The Morgan fingerprint density at radius 2 is 2.14 bits per heavy atom. The minimum atomic E-state index is -0.631. The van der Waals surface area contributed by atoms with Gasteiger partial charge in [-0.25, -0.2) is 0 Å². The number of nitrogens with zero attached hydrogens (tertiary/aromatic N) is 1. The van der Waals surface area contributed by atoms with Gasteiger partial charge >= 0.3 is 0 Å². The third-order valence-electron chi connectivity index (χ3n) is 4.30. The van der Waals surface area contributed by atoms with Gasteiger partial charge in [0.15, 0.2) is 0 Å². The van der Waals surface area contributed by atoms with Gasteiger partial charge in [-0.05, 0) is 26.6 Å². The second-order valence-corrected chi connectivity index (χ2v) is 6.14. The van der Waals surface area contributed by atoms with Crippen molar-refractivity contribution in [3.63, 3.8) is 0 Å². The monoisotopic (exact) mass is 291 g/mol. The molecule has 0 aromatic heterocycles. The van der Waals surface area contributed by atoms with Crippen LogP contribution >= 0.6 is 0 Å². The van der Waals surface area contributed by atoms with Crippen molar-refractivity contribution in [2.24, 2.45) is 11.1 Å². The van der Waals surface area contributed by atoms with Gasteiger partial charge in [-0.1, -0.05) is 30.3 Å². The van der Waals surface area contributed by atoms with E-state index >= 15 is 0 Å². The third kappa shape index (κ3) is 3.43. The molecule has 1 amide bonds. The Labute approximate surface area is 126 Å². The lowest BCUT2D eigenvalue weighted by Gasteiger charge is -2.29. The molecule has 0 aliphatic carbocycles. The number of hydrogen-bond acceptors (Lipinski definition) is 4. The zero-order valence-corrected chi connectivity index (χ0v) is 13.0. The van der Waals surface area contributed by atoms with Crippen molar-refractivity contribution in [3.8, 4) is 0 Å². The summed E-state index contributed by atoms with van der Waals surface area (Å²) in [5, 5.41) is 3.03. The number of hydrogen-bond donors (Lipinski definition) is 2. The smallest absolute Gasteiger partial charge is 0.230 e. The van der Waals surface area contributed by atoms with Crippen LogP contribution < -0.4 is 11.1 Å². The molecule has 1 fully saturated rings. The minimum absolute atomic E-state index is 0.0321. The van der Waals surface area contributed by atoms with Crippen LogP contribution in [0.15, 0.2) is 30.3 Å². The Bertz CT molecular complexity index is 478. The SMILES string of the molecule is CN(C)C(CNC(=O)C1(C)COCC1N)c1ccccc1. The lowest BCUT2D eigenvalue weighted by Crippen LogP contribution is -2.51. The van der Waals surface area contributed by atoms with E-state index in [1.54, 1.807) is 0 Å². The van der Waals surface area contributed by atoms with Crippen LogP contribution in [0, 0.1) is 5.41 Å². The average Bonchev–Trinajstić information content (AvgIpc) is 2.81. The van der Waals surface area contributed by atoms with Crippen molar-refractivity contribution >= 4 is 5.91 Å². The van der Waals surface area contributed by atoms with Crippen LogP contribution in [0.5, 0.6) is 0 Å². The molecule has 21 heavy (non-hydrogen) atoms. The van der Waals surface area contributed by atoms with E-state index in [-0.39, 0.29) is 18.0 Å². The Morgan fingerprint density at radius 1 is 1.48 bits per heavy atom. The lowest BCUT2D eigenvalue weighted by molar-refractivity contribution is -0.130. The molecule has 1 aliphatic rings. The number of nitrogens with one attached hydrogen (secondary N) is 1. The van der Waals surface area contributed by atoms with Gasteiger partial charge in [0.1, 0.15) is 0 Å². The molecule has 3 N–H and O–H groups in total. The molecule has 5 nitrogen and oxygen atoms in total. The van der Waals surface area contributed by atoms with Gasteiger partial charge in [-0.2, -0.15) is 0 Å². The number of amides is 1. The van der Waals surface area contributed by atoms with Crippen molar-refractivity contribution in [2.45, 2.75) is 19.0 Å². The maximum absolute atomic E-state index is 12.4. The van der Waals surface area contributed by atoms with Crippen molar-refractivity contribution in [1.29, 1.82) is 0 Å². The molecular formula is C16H25N3O2. The van der Waals surface area contributed by atoms with E-state index in [4.69, 9.17) is 10.5 Å². The van der Waals surface area contributed by atoms with E-state index in [2.05, 4.69) is 22.3 Å². The summed E-state index contributed by atoms with van der Waals surface area (Å²) in [7, 11) is 4.02. The molecule has 0 radical (unpaired) electrons. The molecule has 1 saturated heterocycles. The second-order valence-electron chi connectivity index (χ2n) is 6.14. The van der Waals surface area contributed by atoms with Gasteiger partial charge in [0.2, 0.25) is 5.91 Å². The fraction of sp³-hybridized carbons (Fsp3) is 0.562. The van der Waals surface area contributed by atoms with E-state index in [0.29, 0.717) is 19.8 Å². The summed E-state index contributed by atoms with van der Waals surface area (Å²) in [6.45, 7) is 3.25. The molecule has 0 spiro atoms. The summed E-state index contributed by atoms with van der Waals surface area (Å²) in [5.74, 6) is -0.0321. The van der Waals surface area contributed by atoms with Crippen molar-refractivity contribution in [1.82, 2.24) is 10.2 Å². The molecule has 3 unspecified atom stereocenters. The number of nitrogens with two attached hydrogens (primary N) is 1. The number of benzene rings is 1. The third-order valence-corrected chi connectivity index (χ3v) is 4.30. The van der Waals surface area contributed by atoms with Crippen molar-refractivity contribution < 1.29 is 9.53 Å². The maximum Gasteiger partial charge on any atom is 0.230 e. The zero-order chi connectivity index (χ0) is 15.5. The van der Waals surface area contributed by atoms with Crippen LogP contribution in [0.1, 0.15) is 18.5 Å². The van der Waals surface area contributed by atoms with Crippen molar-refractivity contribution in [3.05, 3.63) is 35.9 Å². The van der Waals surface area contributed by atoms with Gasteiger partial charge in [0.05, 0.1) is 24.7 Å². The maximum atomic E-state index is 12.4. The molecule has 0 bridgehead atoms. The predicted octanol–water partition coefficient (Wildman–Crippen LogP) is 0.769. The van der Waals surface area contributed by atoms with E-state index in [9.17, 15) is 4.79 Å². The van der Waals surface area contributed by atoms with Crippen LogP contribution in [0.25, 0.3) is 0 Å². The fourth-order valence-electron chi connectivity index (χ4n) is 2.59. The molecule has 5 heteroatoms. The Hall–Kier alpha value is -1.43. The molecular weight excluding hydrogens is 266 g/mol.